The van der Waals surface area contributed by atoms with Crippen molar-refractivity contribution in [2.75, 3.05) is 18.7 Å². The summed E-state index contributed by atoms with van der Waals surface area (Å²) >= 11 is 1.62. The number of hydrogen-bond donors (Lipinski definition) is 2. The molecule has 106 valence electrons. The summed E-state index contributed by atoms with van der Waals surface area (Å²) in [5, 5.41) is 12.2. The fourth-order valence-corrected chi connectivity index (χ4v) is 2.11. The number of nitrogens with one attached hydrogen (secondary N) is 1. The van der Waals surface area contributed by atoms with E-state index in [4.69, 9.17) is 9.15 Å². The van der Waals surface area contributed by atoms with Gasteiger partial charge < -0.3 is 19.6 Å². The number of phenolic OH excluding ortho intramolecular Hbond substituents is 1. The molecule has 0 aliphatic carbocycles. The fourth-order valence-electron chi connectivity index (χ4n) is 1.67. The van der Waals surface area contributed by atoms with Crippen LogP contribution in [-0.2, 0) is 5.75 Å². The van der Waals surface area contributed by atoms with Crippen LogP contribution in [0.3, 0.4) is 0 Å². The predicted molar refractivity (Wildman–Crippen MR) is 78.5 cm³/mol. The van der Waals surface area contributed by atoms with Crippen molar-refractivity contribution < 1.29 is 19.1 Å². The van der Waals surface area contributed by atoms with E-state index in [0.717, 1.165) is 11.5 Å². The van der Waals surface area contributed by atoms with Gasteiger partial charge in [0.2, 0.25) is 0 Å². The molecule has 0 saturated heterocycles. The van der Waals surface area contributed by atoms with Gasteiger partial charge in [0.15, 0.2) is 17.3 Å². The van der Waals surface area contributed by atoms with Gasteiger partial charge >= 0.3 is 0 Å². The van der Waals surface area contributed by atoms with E-state index in [1.165, 1.54) is 13.2 Å². The Balaban J connectivity index is 2.10. The molecule has 0 radical (unpaired) electrons. The molecule has 1 aromatic carbocycles. The zero-order valence-corrected chi connectivity index (χ0v) is 12.0. The van der Waals surface area contributed by atoms with E-state index in [1.54, 1.807) is 36.0 Å². The highest BCUT2D eigenvalue weighted by Gasteiger charge is 2.12. The normalized spacial score (nSPS) is 10.3. The quantitative estimate of drug-likeness (QED) is 0.829. The van der Waals surface area contributed by atoms with Gasteiger partial charge in [0.25, 0.3) is 5.91 Å². The molecule has 2 aromatic rings. The molecule has 0 atom stereocenters. The van der Waals surface area contributed by atoms with Crippen molar-refractivity contribution in [2.45, 2.75) is 5.75 Å². The average Bonchev–Trinajstić information content (AvgIpc) is 2.90. The average molecular weight is 293 g/mol. The second-order valence-electron chi connectivity index (χ2n) is 4.04. The zero-order valence-electron chi connectivity index (χ0n) is 11.2. The number of rotatable bonds is 5. The second-order valence-corrected chi connectivity index (χ2v) is 4.91. The molecule has 0 unspecified atom stereocenters. The third-order valence-electron chi connectivity index (χ3n) is 2.61. The highest BCUT2D eigenvalue weighted by Crippen LogP contribution is 2.28. The van der Waals surface area contributed by atoms with Crippen molar-refractivity contribution in [3.8, 4) is 11.5 Å². The lowest BCUT2D eigenvalue weighted by atomic mass is 10.2. The summed E-state index contributed by atoms with van der Waals surface area (Å²) in [6, 6.07) is 8.00. The first kappa shape index (κ1) is 14.3. The van der Waals surface area contributed by atoms with Crippen LogP contribution < -0.4 is 10.1 Å². The van der Waals surface area contributed by atoms with Gasteiger partial charge in [-0.15, -0.1) is 0 Å². The number of benzene rings is 1. The summed E-state index contributed by atoms with van der Waals surface area (Å²) < 4.78 is 10.4. The predicted octanol–water partition coefficient (Wildman–Crippen LogP) is 3.11. The Kier molecular flexibility index (Phi) is 4.57. The smallest absolute Gasteiger partial charge is 0.291 e. The summed E-state index contributed by atoms with van der Waals surface area (Å²) in [4.78, 5) is 12.0. The minimum atomic E-state index is -0.343. The lowest BCUT2D eigenvalue weighted by Crippen LogP contribution is -2.10. The van der Waals surface area contributed by atoms with Gasteiger partial charge in [-0.3, -0.25) is 4.79 Å². The summed E-state index contributed by atoms with van der Waals surface area (Å²) in [5.74, 6) is 1.70. The van der Waals surface area contributed by atoms with Crippen molar-refractivity contribution in [1.82, 2.24) is 0 Å². The highest BCUT2D eigenvalue weighted by molar-refractivity contribution is 7.97. The number of carbonyl (C=O) groups excluding carboxylic acids is 1. The van der Waals surface area contributed by atoms with E-state index in [2.05, 4.69) is 5.32 Å². The van der Waals surface area contributed by atoms with E-state index in [0.29, 0.717) is 11.4 Å². The number of ether oxygens (including phenoxy) is 1. The van der Waals surface area contributed by atoms with Crippen molar-refractivity contribution in [3.63, 3.8) is 0 Å². The molecule has 0 saturated carbocycles. The molecule has 6 heteroatoms. The maximum atomic E-state index is 12.0. The molecule has 2 N–H and O–H groups in total. The third-order valence-corrected chi connectivity index (χ3v) is 3.18. The minimum Gasteiger partial charge on any atom is -0.504 e. The third kappa shape index (κ3) is 3.27. The topological polar surface area (TPSA) is 71.7 Å². The van der Waals surface area contributed by atoms with Crippen LogP contribution in [0, 0.1) is 0 Å². The molecule has 5 nitrogen and oxygen atoms in total. The van der Waals surface area contributed by atoms with E-state index in [1.807, 2.05) is 6.26 Å². The first-order chi connectivity index (χ1) is 9.63. The van der Waals surface area contributed by atoms with E-state index in [-0.39, 0.29) is 17.4 Å². The van der Waals surface area contributed by atoms with E-state index < -0.39 is 0 Å². The van der Waals surface area contributed by atoms with Gasteiger partial charge in [-0.05, 0) is 30.5 Å². The number of thioether (sulfide) groups is 1. The Hall–Kier alpha value is -2.08. The minimum absolute atomic E-state index is 0.0192. The second kappa shape index (κ2) is 6.38. The summed E-state index contributed by atoms with van der Waals surface area (Å²) in [7, 11) is 1.45. The number of amides is 1. The molecule has 1 amide bonds. The molecular formula is C14H15NO4S. The number of anilines is 1. The van der Waals surface area contributed by atoms with Crippen LogP contribution >= 0.6 is 11.8 Å². The molecule has 0 aliphatic heterocycles. The molecule has 0 fully saturated rings. The molecule has 2 rings (SSSR count). The maximum Gasteiger partial charge on any atom is 0.291 e. The van der Waals surface area contributed by atoms with Gasteiger partial charge in [-0.2, -0.15) is 11.8 Å². The molecule has 20 heavy (non-hydrogen) atoms. The number of phenols is 1. The lowest BCUT2D eigenvalue weighted by molar-refractivity contribution is 0.0995. The molecule has 0 bridgehead atoms. The first-order valence-electron chi connectivity index (χ1n) is 5.90. The van der Waals surface area contributed by atoms with E-state index in [9.17, 15) is 9.90 Å². The van der Waals surface area contributed by atoms with Crippen LogP contribution in [0.1, 0.15) is 16.3 Å². The molecule has 1 heterocycles. The van der Waals surface area contributed by atoms with Crippen LogP contribution in [0.5, 0.6) is 11.5 Å². The SMILES string of the molecule is COc1cc(NC(=O)c2ccc(CSC)o2)ccc1O. The molecule has 0 aliphatic rings. The monoisotopic (exact) mass is 293 g/mol. The summed E-state index contributed by atoms with van der Waals surface area (Å²) in [5.41, 5.74) is 0.521. The Morgan fingerprint density at radius 3 is 2.90 bits per heavy atom. The fraction of sp³-hybridized carbons (Fsp3) is 0.214. The first-order valence-corrected chi connectivity index (χ1v) is 7.29. The summed E-state index contributed by atoms with van der Waals surface area (Å²) in [6.45, 7) is 0. The Bertz CT molecular complexity index is 609. The van der Waals surface area contributed by atoms with Crippen LogP contribution in [0.4, 0.5) is 5.69 Å². The Morgan fingerprint density at radius 2 is 2.20 bits per heavy atom. The van der Waals surface area contributed by atoms with Crippen molar-refractivity contribution >= 4 is 23.4 Å². The van der Waals surface area contributed by atoms with Gasteiger partial charge in [-0.25, -0.2) is 0 Å². The molecule has 1 aromatic heterocycles. The highest BCUT2D eigenvalue weighted by atomic mass is 32.2. The van der Waals surface area contributed by atoms with Crippen molar-refractivity contribution in [2.24, 2.45) is 0 Å². The standard InChI is InChI=1S/C14H15NO4S/c1-18-13-7-9(3-5-11(13)16)15-14(17)12-6-4-10(19-12)8-20-2/h3-7,16H,8H2,1-2H3,(H,15,17). The van der Waals surface area contributed by atoms with Crippen molar-refractivity contribution in [1.29, 1.82) is 0 Å². The van der Waals surface area contributed by atoms with Crippen LogP contribution in [0.2, 0.25) is 0 Å². The Morgan fingerprint density at radius 1 is 1.40 bits per heavy atom. The van der Waals surface area contributed by atoms with E-state index >= 15 is 0 Å². The zero-order chi connectivity index (χ0) is 14.5. The number of methoxy groups -OCH3 is 1. The maximum absolute atomic E-state index is 12.0. The van der Waals surface area contributed by atoms with Crippen LogP contribution in [0.25, 0.3) is 0 Å². The largest absolute Gasteiger partial charge is 0.504 e. The summed E-state index contributed by atoms with van der Waals surface area (Å²) in [6.07, 6.45) is 1.96. The van der Waals surface area contributed by atoms with Crippen LogP contribution in [0.15, 0.2) is 34.7 Å². The van der Waals surface area contributed by atoms with Gasteiger partial charge in [0, 0.05) is 11.8 Å². The van der Waals surface area contributed by atoms with Crippen LogP contribution in [-0.4, -0.2) is 24.4 Å². The lowest BCUT2D eigenvalue weighted by Gasteiger charge is -2.07. The van der Waals surface area contributed by atoms with Gasteiger partial charge in [0.05, 0.1) is 12.9 Å². The molecule has 0 spiro atoms. The number of aromatic hydroxyl groups is 1. The number of carbonyl (C=O) groups is 1. The number of hydrogen-bond acceptors (Lipinski definition) is 5. The number of furan rings is 1. The van der Waals surface area contributed by atoms with Gasteiger partial charge in [0.1, 0.15) is 5.76 Å². The molecular weight excluding hydrogens is 278 g/mol. The Labute approximate surface area is 120 Å². The van der Waals surface area contributed by atoms with Crippen molar-refractivity contribution in [3.05, 3.63) is 41.9 Å². The van der Waals surface area contributed by atoms with Gasteiger partial charge in [-0.1, -0.05) is 0 Å².